The van der Waals surface area contributed by atoms with Gasteiger partial charge in [0.1, 0.15) is 5.82 Å². The highest BCUT2D eigenvalue weighted by molar-refractivity contribution is 9.10. The van der Waals surface area contributed by atoms with Gasteiger partial charge in [0.2, 0.25) is 0 Å². The minimum absolute atomic E-state index is 0.165. The van der Waals surface area contributed by atoms with Crippen LogP contribution in [0.2, 0.25) is 0 Å². The lowest BCUT2D eigenvalue weighted by Crippen LogP contribution is -1.97. The number of nitrogen functional groups attached to an aromatic ring is 1. The zero-order valence-electron chi connectivity index (χ0n) is 7.25. The molecule has 7 heteroatoms. The number of anilines is 1. The van der Waals surface area contributed by atoms with Crippen LogP contribution in [0.3, 0.4) is 0 Å². The number of nitrogens with zero attached hydrogens (tertiary/aromatic N) is 1. The molecule has 0 aliphatic carbocycles. The van der Waals surface area contributed by atoms with E-state index in [1.807, 2.05) is 0 Å². The summed E-state index contributed by atoms with van der Waals surface area (Å²) < 4.78 is 17.6. The Kier molecular flexibility index (Phi) is 2.31. The second-order valence-electron chi connectivity index (χ2n) is 2.80. The van der Waals surface area contributed by atoms with Gasteiger partial charge in [0.25, 0.3) is 0 Å². The molecule has 1 aromatic carbocycles. The standard InChI is InChI=1S/C8H5BrFN3O2/c9-4-1-3(6(11)2-5(4)10)7-12-8(14)15-13-7/h1-2H,11H2,(H,12,13,14). The van der Waals surface area contributed by atoms with Crippen LogP contribution in [0.5, 0.6) is 0 Å². The molecule has 0 unspecified atom stereocenters. The Hall–Kier alpha value is -1.63. The van der Waals surface area contributed by atoms with Crippen LogP contribution in [-0.4, -0.2) is 10.1 Å². The Bertz CT molecular complexity index is 563. The number of benzene rings is 1. The normalized spacial score (nSPS) is 10.5. The van der Waals surface area contributed by atoms with E-state index in [-0.39, 0.29) is 16.0 Å². The molecule has 0 aliphatic rings. The molecule has 0 spiro atoms. The van der Waals surface area contributed by atoms with E-state index in [1.165, 1.54) is 6.07 Å². The number of aromatic amines is 1. The van der Waals surface area contributed by atoms with Crippen LogP contribution >= 0.6 is 15.9 Å². The summed E-state index contributed by atoms with van der Waals surface area (Å²) in [5, 5.41) is 3.45. The average Bonchev–Trinajstić information content (AvgIpc) is 2.58. The number of hydrogen-bond donors (Lipinski definition) is 2. The van der Waals surface area contributed by atoms with Crippen molar-refractivity contribution in [1.82, 2.24) is 10.1 Å². The van der Waals surface area contributed by atoms with Crippen molar-refractivity contribution in [2.24, 2.45) is 0 Å². The highest BCUT2D eigenvalue weighted by atomic mass is 79.9. The second kappa shape index (κ2) is 3.50. The molecule has 78 valence electrons. The first kappa shape index (κ1) is 9.91. The van der Waals surface area contributed by atoms with Gasteiger partial charge >= 0.3 is 5.76 Å². The average molecular weight is 274 g/mol. The van der Waals surface area contributed by atoms with Gasteiger partial charge in [-0.1, -0.05) is 5.16 Å². The van der Waals surface area contributed by atoms with Gasteiger partial charge < -0.3 is 5.73 Å². The van der Waals surface area contributed by atoms with E-state index in [1.54, 1.807) is 0 Å². The van der Waals surface area contributed by atoms with Gasteiger partial charge in [-0.05, 0) is 28.1 Å². The zero-order chi connectivity index (χ0) is 11.0. The molecule has 0 radical (unpaired) electrons. The molecule has 1 heterocycles. The van der Waals surface area contributed by atoms with Crippen LogP contribution in [0, 0.1) is 5.82 Å². The molecule has 0 amide bonds. The number of aromatic nitrogens is 2. The fourth-order valence-corrected chi connectivity index (χ4v) is 1.46. The number of H-pyrrole nitrogens is 1. The van der Waals surface area contributed by atoms with Crippen LogP contribution in [0.15, 0.2) is 25.9 Å². The van der Waals surface area contributed by atoms with Gasteiger partial charge in [-0.2, -0.15) is 0 Å². The first-order valence-corrected chi connectivity index (χ1v) is 4.68. The molecular weight excluding hydrogens is 269 g/mol. The fourth-order valence-electron chi connectivity index (χ4n) is 1.11. The SMILES string of the molecule is Nc1cc(F)c(Br)cc1-c1noc(=O)[nH]1. The minimum atomic E-state index is -0.690. The molecule has 0 saturated carbocycles. The van der Waals surface area contributed by atoms with Crippen LogP contribution in [0.4, 0.5) is 10.1 Å². The molecular formula is C8H5BrFN3O2. The van der Waals surface area contributed by atoms with E-state index < -0.39 is 11.6 Å². The number of nitrogens with one attached hydrogen (secondary N) is 1. The summed E-state index contributed by atoms with van der Waals surface area (Å²) in [6, 6.07) is 2.55. The summed E-state index contributed by atoms with van der Waals surface area (Å²) in [6.07, 6.45) is 0. The fraction of sp³-hybridized carbons (Fsp3) is 0. The Balaban J connectivity index is 2.63. The molecule has 1 aromatic heterocycles. The van der Waals surface area contributed by atoms with Gasteiger partial charge in [-0.25, -0.2) is 9.18 Å². The minimum Gasteiger partial charge on any atom is -0.398 e. The Morgan fingerprint density at radius 3 is 2.87 bits per heavy atom. The van der Waals surface area contributed by atoms with Crippen LogP contribution < -0.4 is 11.5 Å². The van der Waals surface area contributed by atoms with Crippen molar-refractivity contribution in [2.75, 3.05) is 5.73 Å². The van der Waals surface area contributed by atoms with Gasteiger partial charge in [0.05, 0.1) is 4.47 Å². The molecule has 0 saturated heterocycles. The summed E-state index contributed by atoms with van der Waals surface area (Å²) in [6.45, 7) is 0. The number of nitrogens with two attached hydrogens (primary N) is 1. The third kappa shape index (κ3) is 1.78. The lowest BCUT2D eigenvalue weighted by molar-refractivity contribution is 0.388. The van der Waals surface area contributed by atoms with E-state index in [4.69, 9.17) is 5.73 Å². The number of rotatable bonds is 1. The van der Waals surface area contributed by atoms with Crippen molar-refractivity contribution in [2.45, 2.75) is 0 Å². The topological polar surface area (TPSA) is 84.9 Å². The van der Waals surface area contributed by atoms with Crippen LogP contribution in [-0.2, 0) is 0 Å². The quantitative estimate of drug-likeness (QED) is 0.772. The van der Waals surface area contributed by atoms with Crippen LogP contribution in [0.25, 0.3) is 11.4 Å². The Labute approximate surface area is 91.2 Å². The van der Waals surface area contributed by atoms with Gasteiger partial charge in [-0.15, -0.1) is 0 Å². The van der Waals surface area contributed by atoms with Crippen LogP contribution in [0.1, 0.15) is 0 Å². The zero-order valence-corrected chi connectivity index (χ0v) is 8.84. The highest BCUT2D eigenvalue weighted by Crippen LogP contribution is 2.28. The molecule has 0 aliphatic heterocycles. The molecule has 0 atom stereocenters. The third-order valence-electron chi connectivity index (χ3n) is 1.79. The van der Waals surface area contributed by atoms with Gasteiger partial charge in [-0.3, -0.25) is 9.51 Å². The predicted molar refractivity (Wildman–Crippen MR) is 54.6 cm³/mol. The lowest BCUT2D eigenvalue weighted by atomic mass is 10.1. The largest absolute Gasteiger partial charge is 0.439 e. The van der Waals surface area contributed by atoms with Crippen molar-refractivity contribution in [3.05, 3.63) is 33.0 Å². The van der Waals surface area contributed by atoms with Crippen molar-refractivity contribution in [3.8, 4) is 11.4 Å². The van der Waals surface area contributed by atoms with E-state index >= 15 is 0 Å². The Morgan fingerprint density at radius 1 is 1.53 bits per heavy atom. The summed E-state index contributed by atoms with van der Waals surface area (Å²) in [5.74, 6) is -1.01. The summed E-state index contributed by atoms with van der Waals surface area (Å²) in [4.78, 5) is 13.0. The molecule has 0 bridgehead atoms. The molecule has 5 nitrogen and oxygen atoms in total. The predicted octanol–water partition coefficient (Wildman–Crippen LogP) is 1.51. The number of hydrogen-bond acceptors (Lipinski definition) is 4. The van der Waals surface area contributed by atoms with E-state index in [0.29, 0.717) is 5.56 Å². The van der Waals surface area contributed by atoms with E-state index in [0.717, 1.165) is 6.07 Å². The van der Waals surface area contributed by atoms with Crippen molar-refractivity contribution < 1.29 is 8.91 Å². The van der Waals surface area contributed by atoms with Crippen molar-refractivity contribution in [1.29, 1.82) is 0 Å². The molecule has 3 N–H and O–H groups in total. The smallest absolute Gasteiger partial charge is 0.398 e. The van der Waals surface area contributed by atoms with E-state index in [9.17, 15) is 9.18 Å². The molecule has 15 heavy (non-hydrogen) atoms. The van der Waals surface area contributed by atoms with Gasteiger partial charge in [0.15, 0.2) is 5.82 Å². The van der Waals surface area contributed by atoms with Crippen molar-refractivity contribution in [3.63, 3.8) is 0 Å². The van der Waals surface area contributed by atoms with Crippen molar-refractivity contribution >= 4 is 21.6 Å². The molecule has 2 aromatic rings. The number of halogens is 2. The molecule has 2 rings (SSSR count). The Morgan fingerprint density at radius 2 is 2.27 bits per heavy atom. The second-order valence-corrected chi connectivity index (χ2v) is 3.65. The maximum absolute atomic E-state index is 13.0. The first-order valence-electron chi connectivity index (χ1n) is 3.89. The highest BCUT2D eigenvalue weighted by Gasteiger charge is 2.11. The molecule has 0 fully saturated rings. The summed E-state index contributed by atoms with van der Waals surface area (Å²) in [7, 11) is 0. The first-order chi connectivity index (χ1) is 7.08. The lowest BCUT2D eigenvalue weighted by Gasteiger charge is -2.02. The summed E-state index contributed by atoms with van der Waals surface area (Å²) in [5.41, 5.74) is 6.13. The monoisotopic (exact) mass is 273 g/mol. The van der Waals surface area contributed by atoms with Gasteiger partial charge in [0, 0.05) is 11.3 Å². The maximum Gasteiger partial charge on any atom is 0.439 e. The van der Waals surface area contributed by atoms with E-state index in [2.05, 4.69) is 30.6 Å². The third-order valence-corrected chi connectivity index (χ3v) is 2.40. The maximum atomic E-state index is 13.0. The summed E-state index contributed by atoms with van der Waals surface area (Å²) >= 11 is 3.00.